The number of benzene rings is 2. The van der Waals surface area contributed by atoms with E-state index in [0.717, 1.165) is 6.29 Å². The lowest BCUT2D eigenvalue weighted by atomic mass is 9.91. The summed E-state index contributed by atoms with van der Waals surface area (Å²) in [7, 11) is 3.04. The molecule has 0 saturated carbocycles. The quantitative estimate of drug-likeness (QED) is 0.662. The fourth-order valence-electron chi connectivity index (χ4n) is 2.22. The SMILES string of the molecule is COc1cc(N)c(C(C=O)c2ccc(Cl)c(Cl)c2)cc1OC. The summed E-state index contributed by atoms with van der Waals surface area (Å²) in [4.78, 5) is 11.6. The second-order valence-electron chi connectivity index (χ2n) is 4.62. The van der Waals surface area contributed by atoms with Crippen molar-refractivity contribution in [3.8, 4) is 11.5 Å². The summed E-state index contributed by atoms with van der Waals surface area (Å²) in [6.45, 7) is 0. The average molecular weight is 340 g/mol. The molecular weight excluding hydrogens is 325 g/mol. The Balaban J connectivity index is 2.55. The van der Waals surface area contributed by atoms with Gasteiger partial charge >= 0.3 is 0 Å². The van der Waals surface area contributed by atoms with Crippen LogP contribution in [-0.4, -0.2) is 20.5 Å². The molecule has 0 fully saturated rings. The van der Waals surface area contributed by atoms with Crippen LogP contribution >= 0.6 is 23.2 Å². The molecule has 0 saturated heterocycles. The van der Waals surface area contributed by atoms with Crippen molar-refractivity contribution in [2.24, 2.45) is 0 Å². The third-order valence-electron chi connectivity index (χ3n) is 3.36. The molecule has 2 aromatic carbocycles. The number of hydrogen-bond donors (Lipinski definition) is 1. The maximum Gasteiger partial charge on any atom is 0.162 e. The fourth-order valence-corrected chi connectivity index (χ4v) is 2.52. The molecule has 22 heavy (non-hydrogen) atoms. The van der Waals surface area contributed by atoms with Crippen LogP contribution in [-0.2, 0) is 4.79 Å². The number of rotatable bonds is 5. The van der Waals surface area contributed by atoms with Gasteiger partial charge in [-0.1, -0.05) is 29.3 Å². The number of aldehydes is 1. The van der Waals surface area contributed by atoms with Crippen LogP contribution in [0, 0.1) is 0 Å². The Bertz CT molecular complexity index is 704. The molecule has 0 aromatic heterocycles. The molecule has 1 atom stereocenters. The monoisotopic (exact) mass is 339 g/mol. The highest BCUT2D eigenvalue weighted by molar-refractivity contribution is 6.42. The van der Waals surface area contributed by atoms with Gasteiger partial charge in [0.25, 0.3) is 0 Å². The van der Waals surface area contributed by atoms with E-state index in [1.807, 2.05) is 0 Å². The number of carbonyl (C=O) groups is 1. The van der Waals surface area contributed by atoms with Crippen LogP contribution in [0.1, 0.15) is 17.0 Å². The van der Waals surface area contributed by atoms with E-state index in [4.69, 9.17) is 38.4 Å². The molecule has 4 nitrogen and oxygen atoms in total. The molecule has 0 spiro atoms. The van der Waals surface area contributed by atoms with Gasteiger partial charge in [0.15, 0.2) is 11.5 Å². The first-order valence-corrected chi connectivity index (χ1v) is 7.19. The standard InChI is InChI=1S/C16H15Cl2NO3/c1-21-15-6-10(14(19)7-16(15)22-2)11(8-20)9-3-4-12(17)13(18)5-9/h3-8,11H,19H2,1-2H3. The van der Waals surface area contributed by atoms with Crippen LogP contribution in [0.25, 0.3) is 0 Å². The van der Waals surface area contributed by atoms with Crippen molar-refractivity contribution in [1.82, 2.24) is 0 Å². The smallest absolute Gasteiger partial charge is 0.162 e. The van der Waals surface area contributed by atoms with Crippen molar-refractivity contribution in [2.75, 3.05) is 20.0 Å². The zero-order valence-electron chi connectivity index (χ0n) is 12.1. The van der Waals surface area contributed by atoms with Gasteiger partial charge in [-0.25, -0.2) is 0 Å². The molecule has 0 aliphatic heterocycles. The summed E-state index contributed by atoms with van der Waals surface area (Å²) in [6.07, 6.45) is 0.803. The molecule has 0 radical (unpaired) electrons. The van der Waals surface area contributed by atoms with Crippen molar-refractivity contribution in [1.29, 1.82) is 0 Å². The van der Waals surface area contributed by atoms with Crippen LogP contribution in [0.15, 0.2) is 30.3 Å². The number of halogens is 2. The normalized spacial score (nSPS) is 11.8. The van der Waals surface area contributed by atoms with Gasteiger partial charge in [-0.15, -0.1) is 0 Å². The van der Waals surface area contributed by atoms with Crippen LogP contribution in [0.4, 0.5) is 5.69 Å². The van der Waals surface area contributed by atoms with Gasteiger partial charge in [0.05, 0.1) is 30.2 Å². The van der Waals surface area contributed by atoms with Gasteiger partial charge in [0, 0.05) is 11.8 Å². The van der Waals surface area contributed by atoms with Crippen LogP contribution in [0.5, 0.6) is 11.5 Å². The first kappa shape index (κ1) is 16.5. The van der Waals surface area contributed by atoms with Crippen molar-refractivity contribution in [3.63, 3.8) is 0 Å². The Kier molecular flexibility index (Phi) is 5.16. The van der Waals surface area contributed by atoms with Gasteiger partial charge in [0.1, 0.15) is 6.29 Å². The van der Waals surface area contributed by atoms with E-state index in [9.17, 15) is 4.79 Å². The lowest BCUT2D eigenvalue weighted by Gasteiger charge is -2.17. The highest BCUT2D eigenvalue weighted by Crippen LogP contribution is 2.38. The number of hydrogen-bond acceptors (Lipinski definition) is 4. The summed E-state index contributed by atoms with van der Waals surface area (Å²) in [5.74, 6) is 0.427. The number of nitrogen functional groups attached to an aromatic ring is 1. The van der Waals surface area contributed by atoms with Crippen LogP contribution in [0.2, 0.25) is 10.0 Å². The molecule has 2 rings (SSSR count). The van der Waals surface area contributed by atoms with E-state index >= 15 is 0 Å². The molecule has 2 N–H and O–H groups in total. The predicted octanol–water partition coefficient (Wildman–Crippen LogP) is 3.92. The Morgan fingerprint density at radius 3 is 2.23 bits per heavy atom. The van der Waals surface area contributed by atoms with Gasteiger partial charge < -0.3 is 20.0 Å². The third-order valence-corrected chi connectivity index (χ3v) is 4.10. The zero-order chi connectivity index (χ0) is 16.3. The lowest BCUT2D eigenvalue weighted by Crippen LogP contribution is -2.07. The van der Waals surface area contributed by atoms with Gasteiger partial charge in [0.2, 0.25) is 0 Å². The Morgan fingerprint density at radius 1 is 1.05 bits per heavy atom. The molecule has 0 heterocycles. The van der Waals surface area contributed by atoms with E-state index in [0.29, 0.717) is 38.4 Å². The minimum atomic E-state index is -0.574. The summed E-state index contributed by atoms with van der Waals surface area (Å²) in [5.41, 5.74) is 7.79. The lowest BCUT2D eigenvalue weighted by molar-refractivity contribution is -0.108. The second kappa shape index (κ2) is 6.90. The van der Waals surface area contributed by atoms with Crippen molar-refractivity contribution >= 4 is 35.2 Å². The van der Waals surface area contributed by atoms with Crippen molar-refractivity contribution in [2.45, 2.75) is 5.92 Å². The fraction of sp³-hybridized carbons (Fsp3) is 0.188. The third kappa shape index (κ3) is 3.13. The number of anilines is 1. The summed E-state index contributed by atoms with van der Waals surface area (Å²) in [6, 6.07) is 8.35. The van der Waals surface area contributed by atoms with E-state index in [2.05, 4.69) is 0 Å². The first-order chi connectivity index (χ1) is 10.5. The van der Waals surface area contributed by atoms with Crippen LogP contribution < -0.4 is 15.2 Å². The van der Waals surface area contributed by atoms with Crippen molar-refractivity contribution in [3.05, 3.63) is 51.5 Å². The molecular formula is C16H15Cl2NO3. The summed E-state index contributed by atoms with van der Waals surface area (Å²) < 4.78 is 10.5. The Labute approximate surface area is 138 Å². The Hall–Kier alpha value is -1.91. The molecule has 0 aliphatic carbocycles. The van der Waals surface area contributed by atoms with Gasteiger partial charge in [-0.05, 0) is 29.3 Å². The van der Waals surface area contributed by atoms with Crippen LogP contribution in [0.3, 0.4) is 0 Å². The highest BCUT2D eigenvalue weighted by atomic mass is 35.5. The molecule has 116 valence electrons. The zero-order valence-corrected chi connectivity index (χ0v) is 13.6. The predicted molar refractivity (Wildman–Crippen MR) is 88.3 cm³/mol. The summed E-state index contributed by atoms with van der Waals surface area (Å²) >= 11 is 11.9. The maximum absolute atomic E-state index is 11.6. The minimum Gasteiger partial charge on any atom is -0.493 e. The molecule has 0 aliphatic rings. The van der Waals surface area contributed by atoms with Gasteiger partial charge in [-0.2, -0.15) is 0 Å². The van der Waals surface area contributed by atoms with E-state index < -0.39 is 5.92 Å². The van der Waals surface area contributed by atoms with E-state index in [1.54, 1.807) is 30.3 Å². The van der Waals surface area contributed by atoms with Crippen molar-refractivity contribution < 1.29 is 14.3 Å². The number of carbonyl (C=O) groups excluding carboxylic acids is 1. The molecule has 2 aromatic rings. The molecule has 6 heteroatoms. The molecule has 0 bridgehead atoms. The maximum atomic E-state index is 11.6. The minimum absolute atomic E-state index is 0.380. The molecule has 1 unspecified atom stereocenters. The molecule has 0 amide bonds. The number of ether oxygens (including phenoxy) is 2. The Morgan fingerprint density at radius 2 is 1.68 bits per heavy atom. The topological polar surface area (TPSA) is 61.5 Å². The largest absolute Gasteiger partial charge is 0.493 e. The number of methoxy groups -OCH3 is 2. The summed E-state index contributed by atoms with van der Waals surface area (Å²) in [5, 5.41) is 0.806. The second-order valence-corrected chi connectivity index (χ2v) is 5.44. The van der Waals surface area contributed by atoms with E-state index in [-0.39, 0.29) is 0 Å². The average Bonchev–Trinajstić information content (AvgIpc) is 2.52. The van der Waals surface area contributed by atoms with Gasteiger partial charge in [-0.3, -0.25) is 0 Å². The first-order valence-electron chi connectivity index (χ1n) is 6.43. The number of nitrogens with two attached hydrogens (primary N) is 1. The highest BCUT2D eigenvalue weighted by Gasteiger charge is 2.20. The van der Waals surface area contributed by atoms with E-state index in [1.165, 1.54) is 14.2 Å².